The number of nitrogens with zero attached hydrogens (tertiary/aromatic N) is 4. The molecule has 196 valence electrons. The molecule has 0 saturated carbocycles. The van der Waals surface area contributed by atoms with Crippen LogP contribution in [0, 0.1) is 0 Å². The van der Waals surface area contributed by atoms with Crippen LogP contribution in [0.2, 0.25) is 0 Å². The molecule has 0 N–H and O–H groups in total. The molecule has 1 amide bonds. The van der Waals surface area contributed by atoms with Gasteiger partial charge < -0.3 is 9.64 Å². The minimum Gasteiger partial charge on any atom is -0.494 e. The largest absolute Gasteiger partial charge is 0.494 e. The molecule has 4 rings (SSSR count). The van der Waals surface area contributed by atoms with E-state index < -0.39 is 10.0 Å². The zero-order valence-corrected chi connectivity index (χ0v) is 23.3. The minimum absolute atomic E-state index is 0. The Balaban J connectivity index is 0.00000361. The number of carbonyl (C=O) groups excluding carboxylic acids is 1. The lowest BCUT2D eigenvalue weighted by Crippen LogP contribution is -2.36. The zero-order chi connectivity index (χ0) is 25.0. The molecule has 1 aliphatic heterocycles. The number of halogens is 1. The van der Waals surface area contributed by atoms with E-state index in [9.17, 15) is 13.2 Å². The van der Waals surface area contributed by atoms with Gasteiger partial charge in [-0.2, -0.15) is 4.31 Å². The summed E-state index contributed by atoms with van der Waals surface area (Å²) < 4.78 is 34.2. The molecule has 0 radical (unpaired) electrons. The number of anilines is 1. The summed E-state index contributed by atoms with van der Waals surface area (Å²) in [5, 5.41) is 0.581. The Morgan fingerprint density at radius 3 is 2.31 bits per heavy atom. The highest BCUT2D eigenvalue weighted by Gasteiger charge is 2.27. The van der Waals surface area contributed by atoms with E-state index in [1.54, 1.807) is 40.6 Å². The average molecular weight is 553 g/mol. The number of para-hydroxylation sites is 1. The predicted octanol–water partition coefficient (Wildman–Crippen LogP) is 4.50. The molecule has 2 aromatic carbocycles. The number of ether oxygens (including phenoxy) is 1. The second-order valence-corrected chi connectivity index (χ2v) is 11.9. The Morgan fingerprint density at radius 2 is 1.69 bits per heavy atom. The van der Waals surface area contributed by atoms with Crippen LogP contribution in [0.15, 0.2) is 47.4 Å². The van der Waals surface area contributed by atoms with Gasteiger partial charge in [-0.3, -0.25) is 9.69 Å². The van der Waals surface area contributed by atoms with Crippen molar-refractivity contribution in [2.75, 3.05) is 52.3 Å². The summed E-state index contributed by atoms with van der Waals surface area (Å²) >= 11 is 1.43. The molecule has 11 heteroatoms. The molecule has 0 spiro atoms. The number of methoxy groups -OCH3 is 1. The highest BCUT2D eigenvalue weighted by atomic mass is 35.5. The molecule has 0 atom stereocenters. The first-order chi connectivity index (χ1) is 16.8. The average Bonchev–Trinajstić information content (AvgIpc) is 3.08. The molecular weight excluding hydrogens is 520 g/mol. The van der Waals surface area contributed by atoms with Crippen LogP contribution in [-0.2, 0) is 10.0 Å². The summed E-state index contributed by atoms with van der Waals surface area (Å²) in [5.41, 5.74) is 1.14. The quantitative estimate of drug-likeness (QED) is 0.409. The standard InChI is InChI=1S/C25H32N4O4S2.ClH/c1-27(2)17-18-29(25-26-23-21(33-3)9-8-10-22(23)34-25)24(30)19-11-13-20(14-12-19)35(31,32)28-15-6-4-5-7-16-28;/h8-14H,4-7,15-18H2,1-3H3;1H. The summed E-state index contributed by atoms with van der Waals surface area (Å²) in [6.45, 7) is 2.19. The predicted molar refractivity (Wildman–Crippen MR) is 147 cm³/mol. The van der Waals surface area contributed by atoms with Gasteiger partial charge in [0.1, 0.15) is 11.3 Å². The number of rotatable bonds is 8. The first-order valence-corrected chi connectivity index (χ1v) is 14.1. The van der Waals surface area contributed by atoms with Crippen LogP contribution in [-0.4, -0.2) is 75.9 Å². The Kier molecular flexibility index (Phi) is 9.71. The number of hydrogen-bond acceptors (Lipinski definition) is 7. The Hall–Kier alpha value is -2.24. The smallest absolute Gasteiger partial charge is 0.260 e. The molecule has 2 heterocycles. The van der Waals surface area contributed by atoms with Gasteiger partial charge in [0.25, 0.3) is 5.91 Å². The lowest BCUT2D eigenvalue weighted by atomic mass is 10.2. The Morgan fingerprint density at radius 1 is 1.03 bits per heavy atom. The first kappa shape index (κ1) is 28.3. The first-order valence-electron chi connectivity index (χ1n) is 11.8. The van der Waals surface area contributed by atoms with E-state index in [0.717, 1.165) is 35.9 Å². The Labute approximate surface area is 223 Å². The number of amides is 1. The fourth-order valence-corrected chi connectivity index (χ4v) is 6.66. The van der Waals surface area contributed by atoms with Gasteiger partial charge in [0.05, 0.1) is 16.7 Å². The van der Waals surface area contributed by atoms with Crippen molar-refractivity contribution in [2.24, 2.45) is 0 Å². The molecule has 1 aliphatic rings. The van der Waals surface area contributed by atoms with Crippen LogP contribution in [0.4, 0.5) is 5.13 Å². The van der Waals surface area contributed by atoms with Gasteiger partial charge in [0.15, 0.2) is 5.13 Å². The molecule has 1 fully saturated rings. The number of carbonyl (C=O) groups is 1. The third kappa shape index (κ3) is 6.18. The van der Waals surface area contributed by atoms with E-state index in [1.807, 2.05) is 37.2 Å². The van der Waals surface area contributed by atoms with Crippen molar-refractivity contribution < 1.29 is 17.9 Å². The van der Waals surface area contributed by atoms with Gasteiger partial charge in [-0.05, 0) is 63.3 Å². The molecule has 0 bridgehead atoms. The molecular formula is C25H33ClN4O4S2. The monoisotopic (exact) mass is 552 g/mol. The summed E-state index contributed by atoms with van der Waals surface area (Å²) in [7, 11) is 1.93. The van der Waals surface area contributed by atoms with Crippen molar-refractivity contribution in [2.45, 2.75) is 30.6 Å². The number of aromatic nitrogens is 1. The molecule has 0 aliphatic carbocycles. The van der Waals surface area contributed by atoms with Crippen molar-refractivity contribution in [1.29, 1.82) is 0 Å². The third-order valence-corrected chi connectivity index (χ3v) is 9.10. The lowest BCUT2D eigenvalue weighted by molar-refractivity contribution is 0.0985. The second-order valence-electron chi connectivity index (χ2n) is 8.91. The Bertz CT molecular complexity index is 1270. The third-order valence-electron chi connectivity index (χ3n) is 6.14. The van der Waals surface area contributed by atoms with Gasteiger partial charge in [-0.15, -0.1) is 12.4 Å². The van der Waals surface area contributed by atoms with Crippen LogP contribution in [0.5, 0.6) is 5.75 Å². The number of benzene rings is 2. The fourth-order valence-electron chi connectivity index (χ4n) is 4.13. The summed E-state index contributed by atoms with van der Waals surface area (Å²) in [6.07, 6.45) is 3.87. The number of hydrogen-bond donors (Lipinski definition) is 0. The van der Waals surface area contributed by atoms with Crippen molar-refractivity contribution >= 4 is 55.0 Å². The molecule has 1 aromatic heterocycles. The topological polar surface area (TPSA) is 83.0 Å². The number of fused-ring (bicyclic) bond motifs is 1. The van der Waals surface area contributed by atoms with E-state index in [2.05, 4.69) is 0 Å². The van der Waals surface area contributed by atoms with Crippen LogP contribution < -0.4 is 9.64 Å². The van der Waals surface area contributed by atoms with Crippen LogP contribution >= 0.6 is 23.7 Å². The maximum Gasteiger partial charge on any atom is 0.260 e. The van der Waals surface area contributed by atoms with E-state index in [-0.39, 0.29) is 23.2 Å². The van der Waals surface area contributed by atoms with Gasteiger partial charge in [-0.25, -0.2) is 13.4 Å². The van der Waals surface area contributed by atoms with E-state index in [4.69, 9.17) is 9.72 Å². The summed E-state index contributed by atoms with van der Waals surface area (Å²) in [4.78, 5) is 22.2. The van der Waals surface area contributed by atoms with Crippen molar-refractivity contribution in [3.8, 4) is 5.75 Å². The maximum atomic E-state index is 13.6. The van der Waals surface area contributed by atoms with Gasteiger partial charge in [0, 0.05) is 31.7 Å². The SMILES string of the molecule is COc1cccc2sc(N(CCN(C)C)C(=O)c3ccc(S(=O)(=O)N4CCCCCC4)cc3)nc12.Cl. The zero-order valence-electron chi connectivity index (χ0n) is 20.8. The lowest BCUT2D eigenvalue weighted by Gasteiger charge is -2.22. The van der Waals surface area contributed by atoms with Gasteiger partial charge in [-0.1, -0.05) is 30.2 Å². The number of likely N-dealkylation sites (N-methyl/N-ethyl adjacent to an activating group) is 1. The number of thiazole rings is 1. The highest BCUT2D eigenvalue weighted by molar-refractivity contribution is 7.89. The van der Waals surface area contributed by atoms with Crippen molar-refractivity contribution in [3.63, 3.8) is 0 Å². The second kappa shape index (κ2) is 12.3. The fraction of sp³-hybridized carbons (Fsp3) is 0.440. The van der Waals surface area contributed by atoms with E-state index in [0.29, 0.717) is 42.6 Å². The van der Waals surface area contributed by atoms with Crippen molar-refractivity contribution in [1.82, 2.24) is 14.2 Å². The van der Waals surface area contributed by atoms with Crippen LogP contribution in [0.25, 0.3) is 10.2 Å². The number of sulfonamides is 1. The molecule has 8 nitrogen and oxygen atoms in total. The van der Waals surface area contributed by atoms with Gasteiger partial charge >= 0.3 is 0 Å². The van der Waals surface area contributed by atoms with Crippen molar-refractivity contribution in [3.05, 3.63) is 48.0 Å². The maximum absolute atomic E-state index is 13.6. The van der Waals surface area contributed by atoms with Crippen LogP contribution in [0.3, 0.4) is 0 Å². The molecule has 36 heavy (non-hydrogen) atoms. The van der Waals surface area contributed by atoms with Gasteiger partial charge in [0.2, 0.25) is 10.0 Å². The molecule has 0 unspecified atom stereocenters. The molecule has 3 aromatic rings. The normalized spacial score (nSPS) is 14.9. The molecule has 1 saturated heterocycles. The minimum atomic E-state index is -3.57. The highest BCUT2D eigenvalue weighted by Crippen LogP contribution is 2.34. The summed E-state index contributed by atoms with van der Waals surface area (Å²) in [5.74, 6) is 0.441. The van der Waals surface area contributed by atoms with E-state index >= 15 is 0 Å². The van der Waals surface area contributed by atoms with E-state index in [1.165, 1.54) is 11.3 Å². The van der Waals surface area contributed by atoms with Crippen LogP contribution in [0.1, 0.15) is 36.0 Å². The summed E-state index contributed by atoms with van der Waals surface area (Å²) in [6, 6.07) is 12.0.